The Bertz CT molecular complexity index is 706. The number of carbonyl (C=O) groups is 1. The number of benzene rings is 1. The van der Waals surface area contributed by atoms with Crippen LogP contribution in [0.3, 0.4) is 0 Å². The molecule has 0 bridgehead atoms. The van der Waals surface area contributed by atoms with Crippen LogP contribution in [-0.2, 0) is 0 Å². The van der Waals surface area contributed by atoms with Gasteiger partial charge in [0.25, 0.3) is 5.91 Å². The first-order valence-electron chi connectivity index (χ1n) is 9.55. The van der Waals surface area contributed by atoms with Gasteiger partial charge in [0.2, 0.25) is 0 Å². The fourth-order valence-electron chi connectivity index (χ4n) is 3.94. The number of likely N-dealkylation sites (tertiary alicyclic amines) is 1. The van der Waals surface area contributed by atoms with Crippen molar-refractivity contribution in [3.05, 3.63) is 36.0 Å². The average Bonchev–Trinajstić information content (AvgIpc) is 2.93. The van der Waals surface area contributed by atoms with Gasteiger partial charge in [-0.3, -0.25) is 9.69 Å². The van der Waals surface area contributed by atoms with Crippen molar-refractivity contribution in [2.75, 3.05) is 42.6 Å². The molecule has 1 aromatic carbocycles. The lowest BCUT2D eigenvalue weighted by Crippen LogP contribution is -2.47. The van der Waals surface area contributed by atoms with Crippen LogP contribution in [0.25, 0.3) is 10.9 Å². The van der Waals surface area contributed by atoms with Gasteiger partial charge in [-0.2, -0.15) is 23.5 Å². The Hall–Kier alpha value is -1.11. The Morgan fingerprint density at radius 1 is 1.23 bits per heavy atom. The molecule has 2 aromatic rings. The third-order valence-electron chi connectivity index (χ3n) is 5.39. The van der Waals surface area contributed by atoms with Crippen LogP contribution in [0.2, 0.25) is 0 Å². The standard InChI is InChI=1S/C20H27N3OS2/c24-20(19-10-16-5-1-2-6-18(16)22-19)21-11-15-4-3-7-23(12-15)17-13-25-8-9-26-14-17/h1-2,5-6,10,15,17,22H,3-4,7-9,11-14H2,(H,21,24)/t15-/m1/s1. The number of rotatable bonds is 4. The fourth-order valence-corrected chi connectivity index (χ4v) is 6.57. The maximum absolute atomic E-state index is 12.5. The van der Waals surface area contributed by atoms with Crippen LogP contribution in [0.4, 0.5) is 0 Å². The number of aromatic amines is 1. The second kappa shape index (κ2) is 8.72. The monoisotopic (exact) mass is 389 g/mol. The van der Waals surface area contributed by atoms with E-state index in [-0.39, 0.29) is 5.91 Å². The number of carbonyl (C=O) groups excluding carboxylic acids is 1. The van der Waals surface area contributed by atoms with E-state index in [4.69, 9.17) is 0 Å². The molecule has 26 heavy (non-hydrogen) atoms. The van der Waals surface area contributed by atoms with Gasteiger partial charge in [0.15, 0.2) is 0 Å². The molecular formula is C20H27N3OS2. The fraction of sp³-hybridized carbons (Fsp3) is 0.550. The van der Waals surface area contributed by atoms with Crippen molar-refractivity contribution in [2.24, 2.45) is 5.92 Å². The summed E-state index contributed by atoms with van der Waals surface area (Å²) in [7, 11) is 0. The lowest BCUT2D eigenvalue weighted by atomic mass is 9.97. The van der Waals surface area contributed by atoms with Crippen molar-refractivity contribution >= 4 is 40.3 Å². The predicted molar refractivity (Wildman–Crippen MR) is 113 cm³/mol. The number of nitrogens with one attached hydrogen (secondary N) is 2. The molecule has 0 unspecified atom stereocenters. The molecule has 2 saturated heterocycles. The number of hydrogen-bond donors (Lipinski definition) is 2. The highest BCUT2D eigenvalue weighted by Gasteiger charge is 2.27. The van der Waals surface area contributed by atoms with E-state index in [0.29, 0.717) is 17.7 Å². The SMILES string of the molecule is O=C(NC[C@H]1CCCN(C2CSCCSC2)C1)c1cc2ccccc2[nH]1. The number of hydrogen-bond acceptors (Lipinski definition) is 4. The number of aromatic nitrogens is 1. The summed E-state index contributed by atoms with van der Waals surface area (Å²) in [6, 6.07) is 10.7. The molecule has 2 N–H and O–H groups in total. The van der Waals surface area contributed by atoms with Crippen LogP contribution in [-0.4, -0.2) is 64.5 Å². The molecule has 2 aliphatic rings. The lowest BCUT2D eigenvalue weighted by molar-refractivity contribution is 0.0920. The zero-order valence-corrected chi connectivity index (χ0v) is 16.7. The third-order valence-corrected chi connectivity index (χ3v) is 7.87. The number of para-hydroxylation sites is 1. The number of nitrogens with zero attached hydrogens (tertiary/aromatic N) is 1. The molecule has 4 nitrogen and oxygen atoms in total. The van der Waals surface area contributed by atoms with Gasteiger partial charge in [0, 0.05) is 53.0 Å². The number of fused-ring (bicyclic) bond motifs is 1. The first-order valence-corrected chi connectivity index (χ1v) is 11.9. The topological polar surface area (TPSA) is 48.1 Å². The van der Waals surface area contributed by atoms with Crippen LogP contribution in [0, 0.1) is 5.92 Å². The Morgan fingerprint density at radius 3 is 2.85 bits per heavy atom. The van der Waals surface area contributed by atoms with E-state index in [1.54, 1.807) is 0 Å². The largest absolute Gasteiger partial charge is 0.351 e. The molecule has 0 saturated carbocycles. The molecule has 1 atom stereocenters. The van der Waals surface area contributed by atoms with Gasteiger partial charge in [-0.05, 0) is 37.4 Å². The highest BCUT2D eigenvalue weighted by Crippen LogP contribution is 2.25. The van der Waals surface area contributed by atoms with Crippen molar-refractivity contribution in [1.82, 2.24) is 15.2 Å². The molecule has 6 heteroatoms. The van der Waals surface area contributed by atoms with Crippen molar-refractivity contribution < 1.29 is 4.79 Å². The van der Waals surface area contributed by atoms with Gasteiger partial charge < -0.3 is 10.3 Å². The molecule has 0 spiro atoms. The summed E-state index contributed by atoms with van der Waals surface area (Å²) in [6.07, 6.45) is 2.47. The van der Waals surface area contributed by atoms with Crippen LogP contribution >= 0.6 is 23.5 Å². The number of thioether (sulfide) groups is 2. The Morgan fingerprint density at radius 2 is 2.04 bits per heavy atom. The third kappa shape index (κ3) is 4.41. The number of amides is 1. The maximum Gasteiger partial charge on any atom is 0.267 e. The summed E-state index contributed by atoms with van der Waals surface area (Å²) in [4.78, 5) is 18.4. The normalized spacial score (nSPS) is 23.0. The molecule has 1 aromatic heterocycles. The van der Waals surface area contributed by atoms with Crippen molar-refractivity contribution in [2.45, 2.75) is 18.9 Å². The second-order valence-corrected chi connectivity index (χ2v) is 9.59. The van der Waals surface area contributed by atoms with Crippen LogP contribution in [0.5, 0.6) is 0 Å². The van der Waals surface area contributed by atoms with Gasteiger partial charge in [0.05, 0.1) is 0 Å². The summed E-state index contributed by atoms with van der Waals surface area (Å²) in [5.41, 5.74) is 1.68. The molecule has 0 aliphatic carbocycles. The Kier molecular flexibility index (Phi) is 6.12. The van der Waals surface area contributed by atoms with Gasteiger partial charge in [-0.1, -0.05) is 18.2 Å². The van der Waals surface area contributed by atoms with Crippen molar-refractivity contribution in [3.8, 4) is 0 Å². The van der Waals surface area contributed by atoms with E-state index in [9.17, 15) is 4.79 Å². The zero-order valence-electron chi connectivity index (χ0n) is 15.1. The quantitative estimate of drug-likeness (QED) is 0.841. The van der Waals surface area contributed by atoms with Gasteiger partial charge >= 0.3 is 0 Å². The molecule has 0 radical (unpaired) electrons. The van der Waals surface area contributed by atoms with Crippen LogP contribution < -0.4 is 5.32 Å². The van der Waals surface area contributed by atoms with E-state index < -0.39 is 0 Å². The van der Waals surface area contributed by atoms with Crippen LogP contribution in [0.15, 0.2) is 30.3 Å². The molecule has 1 amide bonds. The van der Waals surface area contributed by atoms with E-state index in [1.807, 2.05) is 30.3 Å². The molecular weight excluding hydrogens is 362 g/mol. The van der Waals surface area contributed by atoms with Crippen LogP contribution in [0.1, 0.15) is 23.3 Å². The highest BCUT2D eigenvalue weighted by atomic mass is 32.2. The lowest BCUT2D eigenvalue weighted by Gasteiger charge is -2.37. The first-order chi connectivity index (χ1) is 12.8. The summed E-state index contributed by atoms with van der Waals surface area (Å²) in [6.45, 7) is 3.12. The van der Waals surface area contributed by atoms with Crippen molar-refractivity contribution in [3.63, 3.8) is 0 Å². The van der Waals surface area contributed by atoms with Gasteiger partial charge in [-0.15, -0.1) is 0 Å². The van der Waals surface area contributed by atoms with E-state index in [2.05, 4.69) is 38.7 Å². The maximum atomic E-state index is 12.5. The Balaban J connectivity index is 1.31. The van der Waals surface area contributed by atoms with E-state index in [0.717, 1.165) is 24.0 Å². The number of H-pyrrole nitrogens is 1. The summed E-state index contributed by atoms with van der Waals surface area (Å²) in [5, 5.41) is 4.25. The zero-order chi connectivity index (χ0) is 17.8. The summed E-state index contributed by atoms with van der Waals surface area (Å²) in [5.74, 6) is 5.69. The van der Waals surface area contributed by atoms with E-state index in [1.165, 1.54) is 42.4 Å². The molecule has 4 rings (SSSR count). The predicted octanol–water partition coefficient (Wildman–Crippen LogP) is 3.46. The minimum Gasteiger partial charge on any atom is -0.351 e. The summed E-state index contributed by atoms with van der Waals surface area (Å²) < 4.78 is 0. The number of piperidine rings is 1. The highest BCUT2D eigenvalue weighted by molar-refractivity contribution is 8.03. The molecule has 3 heterocycles. The molecule has 2 fully saturated rings. The summed E-state index contributed by atoms with van der Waals surface area (Å²) >= 11 is 4.20. The first kappa shape index (κ1) is 18.3. The molecule has 140 valence electrons. The van der Waals surface area contributed by atoms with Crippen molar-refractivity contribution in [1.29, 1.82) is 0 Å². The average molecular weight is 390 g/mol. The van der Waals surface area contributed by atoms with Gasteiger partial charge in [0.1, 0.15) is 5.69 Å². The smallest absolute Gasteiger partial charge is 0.267 e. The van der Waals surface area contributed by atoms with E-state index >= 15 is 0 Å². The second-order valence-electron chi connectivity index (χ2n) is 7.29. The molecule has 2 aliphatic heterocycles. The Labute approximate surface area is 163 Å². The minimum atomic E-state index is 0.0129. The van der Waals surface area contributed by atoms with Gasteiger partial charge in [-0.25, -0.2) is 0 Å². The minimum absolute atomic E-state index is 0.0129.